The lowest BCUT2D eigenvalue weighted by Gasteiger charge is -2.17. The number of carboxylic acid groups (broad SMARTS) is 1. The van der Waals surface area contributed by atoms with Gasteiger partial charge in [0, 0.05) is 17.7 Å². The van der Waals surface area contributed by atoms with E-state index in [1.165, 1.54) is 7.11 Å². The van der Waals surface area contributed by atoms with Crippen LogP contribution in [0.25, 0.3) is 0 Å². The highest BCUT2D eigenvalue weighted by atomic mass is 16.6. The van der Waals surface area contributed by atoms with Gasteiger partial charge in [-0.25, -0.2) is 9.59 Å². The van der Waals surface area contributed by atoms with E-state index in [0.717, 1.165) is 30.9 Å². The van der Waals surface area contributed by atoms with Crippen LogP contribution in [-0.4, -0.2) is 29.3 Å². The van der Waals surface area contributed by atoms with Gasteiger partial charge in [-0.2, -0.15) is 0 Å². The summed E-state index contributed by atoms with van der Waals surface area (Å²) in [7, 11) is 1.52. The second-order valence-electron chi connectivity index (χ2n) is 7.24. The van der Waals surface area contributed by atoms with Crippen molar-refractivity contribution in [2.75, 3.05) is 7.11 Å². The maximum atomic E-state index is 12.9. The highest BCUT2D eigenvalue weighted by molar-refractivity contribution is 5.99. The van der Waals surface area contributed by atoms with E-state index in [1.54, 1.807) is 12.1 Å². The molecule has 30 heavy (non-hydrogen) atoms. The van der Waals surface area contributed by atoms with Gasteiger partial charge in [-0.3, -0.25) is 0 Å². The lowest BCUT2D eigenvalue weighted by atomic mass is 9.98. The van der Waals surface area contributed by atoms with Crippen molar-refractivity contribution in [3.8, 4) is 28.7 Å². The number of carboxylic acids is 1. The van der Waals surface area contributed by atoms with Crippen molar-refractivity contribution in [1.82, 2.24) is 0 Å². The van der Waals surface area contributed by atoms with Gasteiger partial charge in [0.15, 0.2) is 11.5 Å². The van der Waals surface area contributed by atoms with Crippen molar-refractivity contribution in [1.29, 1.82) is 0 Å². The number of hydrogen-bond donors (Lipinski definition) is 2. The molecule has 0 aromatic heterocycles. The van der Waals surface area contributed by atoms with Crippen molar-refractivity contribution < 1.29 is 34.0 Å². The van der Waals surface area contributed by atoms with Gasteiger partial charge >= 0.3 is 11.9 Å². The topological polar surface area (TPSA) is 102 Å². The Hall–Kier alpha value is -3.22. The van der Waals surface area contributed by atoms with Gasteiger partial charge in [-0.15, -0.1) is 0 Å². The zero-order chi connectivity index (χ0) is 21.8. The zero-order valence-electron chi connectivity index (χ0n) is 17.4. The first-order valence-electron chi connectivity index (χ1n) is 10.1. The van der Waals surface area contributed by atoms with Crippen LogP contribution in [0.2, 0.25) is 0 Å². The summed E-state index contributed by atoms with van der Waals surface area (Å²) in [5, 5.41) is 20.0. The lowest BCUT2D eigenvalue weighted by Crippen LogP contribution is -2.11. The number of carbonyl (C=O) groups excluding carboxylic acids is 1. The average molecular weight is 414 g/mol. The van der Waals surface area contributed by atoms with Crippen molar-refractivity contribution >= 4 is 11.9 Å². The molecule has 0 radical (unpaired) electrons. The number of fused-ring (bicyclic) bond motifs is 2. The summed E-state index contributed by atoms with van der Waals surface area (Å²) in [5.74, 6) is -1.41. The maximum absolute atomic E-state index is 12.9. The summed E-state index contributed by atoms with van der Waals surface area (Å²) < 4.78 is 17.0. The van der Waals surface area contributed by atoms with Crippen molar-refractivity contribution in [3.05, 3.63) is 40.5 Å². The Morgan fingerprint density at radius 1 is 1.03 bits per heavy atom. The van der Waals surface area contributed by atoms with Crippen LogP contribution in [-0.2, 0) is 12.8 Å². The van der Waals surface area contributed by atoms with Crippen LogP contribution in [0.15, 0.2) is 18.2 Å². The lowest BCUT2D eigenvalue weighted by molar-refractivity contribution is 0.0691. The Balaban J connectivity index is 2.22. The minimum Gasteiger partial charge on any atom is -0.507 e. The molecule has 7 heteroatoms. The molecule has 0 spiro atoms. The number of benzene rings is 2. The predicted octanol–water partition coefficient (Wildman–Crippen LogP) is 5.11. The standard InChI is InChI=1S/C23H26O7/c1-4-6-7-9-15-20(22(25)26)16(24)12-18-21(15)29-17-11-14(28-3)10-13(8-5-2)19(17)23(27)30-18/h10-12,24H,4-9H2,1-3H3,(H,25,26). The van der Waals surface area contributed by atoms with Crippen LogP contribution in [0.5, 0.6) is 28.7 Å². The molecule has 0 aliphatic carbocycles. The monoisotopic (exact) mass is 414 g/mol. The minimum absolute atomic E-state index is 0.00612. The summed E-state index contributed by atoms with van der Waals surface area (Å²) in [6, 6.07) is 4.49. The molecule has 7 nitrogen and oxygen atoms in total. The molecule has 0 unspecified atom stereocenters. The quantitative estimate of drug-likeness (QED) is 0.351. The number of carbonyl (C=O) groups is 2. The number of phenols is 1. The van der Waals surface area contributed by atoms with Crippen molar-refractivity contribution in [2.24, 2.45) is 0 Å². The number of ether oxygens (including phenoxy) is 3. The van der Waals surface area contributed by atoms with Gasteiger partial charge in [0.1, 0.15) is 28.4 Å². The van der Waals surface area contributed by atoms with Crippen LogP contribution in [0.3, 0.4) is 0 Å². The molecular weight excluding hydrogens is 388 g/mol. The van der Waals surface area contributed by atoms with E-state index in [2.05, 4.69) is 0 Å². The van der Waals surface area contributed by atoms with Crippen molar-refractivity contribution in [3.63, 3.8) is 0 Å². The highest BCUT2D eigenvalue weighted by Gasteiger charge is 2.32. The molecule has 0 fully saturated rings. The number of aromatic hydroxyl groups is 1. The fourth-order valence-corrected chi connectivity index (χ4v) is 3.70. The van der Waals surface area contributed by atoms with E-state index >= 15 is 0 Å². The number of aromatic carboxylic acids is 1. The molecule has 0 amide bonds. The van der Waals surface area contributed by atoms with Gasteiger partial charge in [-0.05, 0) is 30.9 Å². The molecule has 0 atom stereocenters. The van der Waals surface area contributed by atoms with Gasteiger partial charge in [0.25, 0.3) is 0 Å². The van der Waals surface area contributed by atoms with Crippen molar-refractivity contribution in [2.45, 2.75) is 52.4 Å². The highest BCUT2D eigenvalue weighted by Crippen LogP contribution is 2.46. The van der Waals surface area contributed by atoms with E-state index in [9.17, 15) is 19.8 Å². The third-order valence-electron chi connectivity index (χ3n) is 5.10. The first kappa shape index (κ1) is 21.5. The first-order chi connectivity index (χ1) is 14.4. The molecule has 2 aromatic rings. The SMILES string of the molecule is CCCCCc1c2c(cc(O)c1C(=O)O)OC(=O)c1c(CCC)cc(OC)cc1O2. The molecule has 2 aromatic carbocycles. The smallest absolute Gasteiger partial charge is 0.347 e. The van der Waals surface area contributed by atoms with Gasteiger partial charge in [0.05, 0.1) is 7.11 Å². The number of hydrogen-bond acceptors (Lipinski definition) is 6. The number of esters is 1. The normalized spacial score (nSPS) is 12.3. The van der Waals surface area contributed by atoms with E-state index in [-0.39, 0.29) is 28.4 Å². The predicted molar refractivity (Wildman–Crippen MR) is 110 cm³/mol. The average Bonchev–Trinajstić information content (AvgIpc) is 2.83. The van der Waals surface area contributed by atoms with Crippen LogP contribution in [0.4, 0.5) is 0 Å². The van der Waals surface area contributed by atoms with Gasteiger partial charge < -0.3 is 24.4 Å². The summed E-state index contributed by atoms with van der Waals surface area (Å²) >= 11 is 0. The molecule has 1 aliphatic rings. The maximum Gasteiger partial charge on any atom is 0.347 e. The van der Waals surface area contributed by atoms with Crippen LogP contribution < -0.4 is 14.2 Å². The fourth-order valence-electron chi connectivity index (χ4n) is 3.70. The number of rotatable bonds is 8. The third-order valence-corrected chi connectivity index (χ3v) is 5.10. The van der Waals surface area contributed by atoms with Gasteiger partial charge in [-0.1, -0.05) is 33.1 Å². The zero-order valence-corrected chi connectivity index (χ0v) is 17.4. The van der Waals surface area contributed by atoms with E-state index in [4.69, 9.17) is 14.2 Å². The third kappa shape index (κ3) is 4.06. The summed E-state index contributed by atoms with van der Waals surface area (Å²) in [5.41, 5.74) is 1.08. The minimum atomic E-state index is -1.27. The van der Waals surface area contributed by atoms with E-state index in [0.29, 0.717) is 30.6 Å². The number of aryl methyl sites for hydroxylation is 1. The van der Waals surface area contributed by atoms with Crippen LogP contribution in [0.1, 0.15) is 71.4 Å². The Morgan fingerprint density at radius 3 is 2.43 bits per heavy atom. The second-order valence-corrected chi connectivity index (χ2v) is 7.24. The molecule has 0 bridgehead atoms. The first-order valence-corrected chi connectivity index (χ1v) is 10.1. The molecule has 0 saturated heterocycles. The van der Waals surface area contributed by atoms with Crippen LogP contribution >= 0.6 is 0 Å². The molecule has 160 valence electrons. The molecule has 2 N–H and O–H groups in total. The number of methoxy groups -OCH3 is 1. The summed E-state index contributed by atoms with van der Waals surface area (Å²) in [6.07, 6.45) is 4.31. The summed E-state index contributed by atoms with van der Waals surface area (Å²) in [6.45, 7) is 4.03. The van der Waals surface area contributed by atoms with Crippen LogP contribution in [0, 0.1) is 0 Å². The Morgan fingerprint density at radius 2 is 1.80 bits per heavy atom. The van der Waals surface area contributed by atoms with E-state index in [1.807, 2.05) is 13.8 Å². The molecule has 0 saturated carbocycles. The molecular formula is C23H26O7. The molecule has 3 rings (SSSR count). The molecule has 1 aliphatic heterocycles. The summed E-state index contributed by atoms with van der Waals surface area (Å²) in [4.78, 5) is 24.8. The Bertz CT molecular complexity index is 978. The second kappa shape index (κ2) is 9.07. The Labute approximate surface area is 175 Å². The fraction of sp³-hybridized carbons (Fsp3) is 0.391. The Kier molecular flexibility index (Phi) is 6.50. The molecule has 1 heterocycles. The largest absolute Gasteiger partial charge is 0.507 e. The van der Waals surface area contributed by atoms with Gasteiger partial charge in [0.2, 0.25) is 0 Å². The van der Waals surface area contributed by atoms with E-state index < -0.39 is 17.7 Å². The number of unbranched alkanes of at least 4 members (excludes halogenated alkanes) is 2.